The lowest BCUT2D eigenvalue weighted by molar-refractivity contribution is -0.0948. The standard InChI is InChI=1S/C10H22O/c1-8(9(2,3)4)11-10(5,6)7/h8H,1-7H3/t8-/m0/s1. The first-order chi connectivity index (χ1) is 4.63. The molecule has 0 rings (SSSR count). The summed E-state index contributed by atoms with van der Waals surface area (Å²) in [7, 11) is 0. The maximum absolute atomic E-state index is 5.80. The zero-order valence-electron chi connectivity index (χ0n) is 8.99. The normalized spacial score (nSPS) is 16.6. The summed E-state index contributed by atoms with van der Waals surface area (Å²) in [6.45, 7) is 15.0. The third kappa shape index (κ3) is 5.25. The van der Waals surface area contributed by atoms with Gasteiger partial charge in [-0.1, -0.05) is 20.8 Å². The summed E-state index contributed by atoms with van der Waals surface area (Å²) in [6.07, 6.45) is 0.308. The van der Waals surface area contributed by atoms with Crippen molar-refractivity contribution < 1.29 is 4.74 Å². The van der Waals surface area contributed by atoms with Crippen molar-refractivity contribution in [3.8, 4) is 0 Å². The van der Waals surface area contributed by atoms with Crippen molar-refractivity contribution in [2.45, 2.75) is 60.2 Å². The van der Waals surface area contributed by atoms with Crippen molar-refractivity contribution in [1.82, 2.24) is 0 Å². The first kappa shape index (κ1) is 11.0. The molecule has 0 aliphatic carbocycles. The first-order valence-corrected chi connectivity index (χ1v) is 4.31. The molecule has 0 bridgehead atoms. The topological polar surface area (TPSA) is 9.23 Å². The van der Waals surface area contributed by atoms with E-state index in [0.717, 1.165) is 0 Å². The molecule has 0 aromatic carbocycles. The van der Waals surface area contributed by atoms with Crippen LogP contribution >= 0.6 is 0 Å². The van der Waals surface area contributed by atoms with E-state index in [-0.39, 0.29) is 11.0 Å². The Bertz CT molecular complexity index is 114. The van der Waals surface area contributed by atoms with Gasteiger partial charge in [-0.3, -0.25) is 0 Å². The minimum Gasteiger partial charge on any atom is -0.372 e. The van der Waals surface area contributed by atoms with Crippen LogP contribution in [0.5, 0.6) is 0 Å². The van der Waals surface area contributed by atoms with Crippen LogP contribution in [-0.2, 0) is 4.74 Å². The molecular formula is C10H22O. The second kappa shape index (κ2) is 3.14. The molecular weight excluding hydrogens is 136 g/mol. The Hall–Kier alpha value is -0.0400. The van der Waals surface area contributed by atoms with Gasteiger partial charge in [-0.2, -0.15) is 0 Å². The number of hydrogen-bond acceptors (Lipinski definition) is 1. The molecule has 0 fully saturated rings. The highest BCUT2D eigenvalue weighted by atomic mass is 16.5. The van der Waals surface area contributed by atoms with Crippen molar-refractivity contribution >= 4 is 0 Å². The molecule has 1 atom stereocenters. The minimum absolute atomic E-state index is 0.0211. The fourth-order valence-corrected chi connectivity index (χ4v) is 0.707. The van der Waals surface area contributed by atoms with Crippen molar-refractivity contribution in [3.05, 3.63) is 0 Å². The zero-order valence-corrected chi connectivity index (χ0v) is 8.99. The van der Waals surface area contributed by atoms with Gasteiger partial charge in [-0.25, -0.2) is 0 Å². The van der Waals surface area contributed by atoms with Crippen molar-refractivity contribution in [2.24, 2.45) is 5.41 Å². The molecule has 68 valence electrons. The molecule has 0 aromatic rings. The van der Waals surface area contributed by atoms with Gasteiger partial charge in [0.15, 0.2) is 0 Å². The summed E-state index contributed by atoms with van der Waals surface area (Å²) in [6, 6.07) is 0. The second-order valence-electron chi connectivity index (χ2n) is 5.24. The Morgan fingerprint density at radius 3 is 1.36 bits per heavy atom. The molecule has 0 radical (unpaired) electrons. The summed E-state index contributed by atoms with van der Waals surface area (Å²) in [5.41, 5.74) is 0.222. The van der Waals surface area contributed by atoms with E-state index in [9.17, 15) is 0 Å². The van der Waals surface area contributed by atoms with E-state index in [4.69, 9.17) is 4.74 Å². The van der Waals surface area contributed by atoms with Crippen LogP contribution in [0.3, 0.4) is 0 Å². The predicted molar refractivity (Wildman–Crippen MR) is 49.8 cm³/mol. The van der Waals surface area contributed by atoms with Gasteiger partial charge in [-0.15, -0.1) is 0 Å². The molecule has 1 nitrogen and oxygen atoms in total. The molecule has 0 aliphatic heterocycles. The predicted octanol–water partition coefficient (Wildman–Crippen LogP) is 3.24. The molecule has 0 aliphatic rings. The maximum Gasteiger partial charge on any atom is 0.0602 e. The van der Waals surface area contributed by atoms with Crippen molar-refractivity contribution in [2.75, 3.05) is 0 Å². The van der Waals surface area contributed by atoms with E-state index in [1.807, 2.05) is 0 Å². The second-order valence-corrected chi connectivity index (χ2v) is 5.24. The van der Waals surface area contributed by atoms with Crippen LogP contribution in [0.4, 0.5) is 0 Å². The highest BCUT2D eigenvalue weighted by Crippen LogP contribution is 2.25. The third-order valence-corrected chi connectivity index (χ3v) is 1.75. The van der Waals surface area contributed by atoms with E-state index in [1.165, 1.54) is 0 Å². The maximum atomic E-state index is 5.80. The Labute approximate surface area is 71.1 Å². The lowest BCUT2D eigenvalue weighted by Gasteiger charge is -2.33. The average molecular weight is 158 g/mol. The van der Waals surface area contributed by atoms with Gasteiger partial charge in [0.05, 0.1) is 11.7 Å². The SMILES string of the molecule is C[C@H](OC(C)(C)C)C(C)(C)C. The van der Waals surface area contributed by atoms with Crippen LogP contribution in [0.15, 0.2) is 0 Å². The quantitative estimate of drug-likeness (QED) is 0.569. The smallest absolute Gasteiger partial charge is 0.0602 e. The van der Waals surface area contributed by atoms with E-state index in [1.54, 1.807) is 0 Å². The van der Waals surface area contributed by atoms with Gasteiger partial charge in [0.25, 0.3) is 0 Å². The highest BCUT2D eigenvalue weighted by molar-refractivity contribution is 4.73. The Morgan fingerprint density at radius 1 is 0.909 bits per heavy atom. The van der Waals surface area contributed by atoms with Gasteiger partial charge in [-0.05, 0) is 33.1 Å². The molecule has 11 heavy (non-hydrogen) atoms. The number of hydrogen-bond donors (Lipinski definition) is 0. The molecule has 0 amide bonds. The molecule has 0 saturated heterocycles. The van der Waals surface area contributed by atoms with Crippen molar-refractivity contribution in [3.63, 3.8) is 0 Å². The van der Waals surface area contributed by atoms with E-state index in [0.29, 0.717) is 6.10 Å². The summed E-state index contributed by atoms with van der Waals surface area (Å²) in [5.74, 6) is 0. The van der Waals surface area contributed by atoms with Crippen LogP contribution < -0.4 is 0 Å². The number of rotatable bonds is 1. The Kier molecular flexibility index (Phi) is 3.13. The first-order valence-electron chi connectivity index (χ1n) is 4.31. The van der Waals surface area contributed by atoms with E-state index < -0.39 is 0 Å². The summed E-state index contributed by atoms with van der Waals surface area (Å²) in [4.78, 5) is 0. The fraction of sp³-hybridized carbons (Fsp3) is 1.00. The fourth-order valence-electron chi connectivity index (χ4n) is 0.707. The lowest BCUT2D eigenvalue weighted by Crippen LogP contribution is -2.34. The van der Waals surface area contributed by atoms with Crippen LogP contribution in [0.1, 0.15) is 48.5 Å². The van der Waals surface area contributed by atoms with Gasteiger partial charge >= 0.3 is 0 Å². The Balaban J connectivity index is 3.99. The lowest BCUT2D eigenvalue weighted by atomic mass is 9.90. The van der Waals surface area contributed by atoms with Crippen LogP contribution in [0.25, 0.3) is 0 Å². The summed E-state index contributed by atoms with van der Waals surface area (Å²) >= 11 is 0. The van der Waals surface area contributed by atoms with Gasteiger partial charge in [0.2, 0.25) is 0 Å². The van der Waals surface area contributed by atoms with Crippen molar-refractivity contribution in [1.29, 1.82) is 0 Å². The summed E-state index contributed by atoms with van der Waals surface area (Å²) in [5, 5.41) is 0. The molecule has 1 heteroatoms. The molecule has 0 unspecified atom stereocenters. The van der Waals surface area contributed by atoms with Gasteiger partial charge in [0, 0.05) is 0 Å². The third-order valence-electron chi connectivity index (χ3n) is 1.75. The van der Waals surface area contributed by atoms with Gasteiger partial charge in [0.1, 0.15) is 0 Å². The molecule has 0 aromatic heterocycles. The van der Waals surface area contributed by atoms with Gasteiger partial charge < -0.3 is 4.74 Å². The van der Waals surface area contributed by atoms with Crippen LogP contribution in [-0.4, -0.2) is 11.7 Å². The number of ether oxygens (including phenoxy) is 1. The van der Waals surface area contributed by atoms with Crippen LogP contribution in [0, 0.1) is 5.41 Å². The molecule has 0 spiro atoms. The molecule has 0 heterocycles. The van der Waals surface area contributed by atoms with E-state index >= 15 is 0 Å². The molecule has 0 saturated carbocycles. The van der Waals surface area contributed by atoms with Crippen LogP contribution in [0.2, 0.25) is 0 Å². The average Bonchev–Trinajstić information content (AvgIpc) is 1.56. The minimum atomic E-state index is -0.0211. The largest absolute Gasteiger partial charge is 0.372 e. The Morgan fingerprint density at radius 2 is 1.27 bits per heavy atom. The highest BCUT2D eigenvalue weighted by Gasteiger charge is 2.25. The van der Waals surface area contributed by atoms with E-state index in [2.05, 4.69) is 48.5 Å². The summed E-state index contributed by atoms with van der Waals surface area (Å²) < 4.78 is 5.80. The zero-order chi connectivity index (χ0) is 9.28. The monoisotopic (exact) mass is 158 g/mol. The molecule has 0 N–H and O–H groups in total.